The average molecular weight is 428 g/mol. The van der Waals surface area contributed by atoms with Crippen LogP contribution in [0.5, 0.6) is 0 Å². The zero-order valence-electron chi connectivity index (χ0n) is 14.2. The molecule has 0 radical (unpaired) electrons. The van der Waals surface area contributed by atoms with Crippen molar-refractivity contribution in [2.75, 3.05) is 6.54 Å². The number of nitrogens with zero attached hydrogens (tertiary/aromatic N) is 8. The monoisotopic (exact) mass is 427 g/mol. The third-order valence-electron chi connectivity index (χ3n) is 4.85. The van der Waals surface area contributed by atoms with Crippen LogP contribution in [0.2, 0.25) is 0 Å². The lowest BCUT2D eigenvalue weighted by atomic mass is 10.00. The Hall–Kier alpha value is -3.08. The molecule has 0 aromatic carbocycles. The Kier molecular flexibility index (Phi) is 3.57. The van der Waals surface area contributed by atoms with E-state index in [1.807, 2.05) is 28.7 Å². The van der Waals surface area contributed by atoms with Gasteiger partial charge < -0.3 is 4.90 Å². The number of aromatic amines is 1. The number of fused-ring (bicyclic) bond motifs is 2. The number of tetrazole rings is 1. The Morgan fingerprint density at radius 3 is 3.11 bits per heavy atom. The largest absolute Gasteiger partial charge is 0.330 e. The first kappa shape index (κ1) is 16.1. The molecule has 1 aliphatic rings. The highest BCUT2D eigenvalue weighted by molar-refractivity contribution is 9.10. The number of rotatable bonds is 2. The molecule has 0 aliphatic carbocycles. The molecule has 0 saturated carbocycles. The number of hydrogen-bond acceptors (Lipinski definition) is 6. The van der Waals surface area contributed by atoms with Gasteiger partial charge in [0.05, 0.1) is 10.5 Å². The van der Waals surface area contributed by atoms with Crippen LogP contribution in [0.25, 0.3) is 11.6 Å². The number of aromatic nitrogens is 8. The van der Waals surface area contributed by atoms with E-state index in [4.69, 9.17) is 0 Å². The molecule has 1 unspecified atom stereocenters. The first-order chi connectivity index (χ1) is 13.1. The van der Waals surface area contributed by atoms with Crippen LogP contribution in [-0.2, 0) is 6.42 Å². The highest BCUT2D eigenvalue weighted by Crippen LogP contribution is 2.32. The number of nitrogens with one attached hydrogen (secondary N) is 1. The molecule has 1 amide bonds. The molecule has 5 rings (SSSR count). The van der Waals surface area contributed by atoms with Gasteiger partial charge in [-0.25, -0.2) is 9.50 Å². The molecule has 5 heterocycles. The van der Waals surface area contributed by atoms with E-state index in [9.17, 15) is 4.79 Å². The molecule has 4 aromatic rings. The summed E-state index contributed by atoms with van der Waals surface area (Å²) in [5, 5.41) is 18.5. The molecule has 4 aromatic heterocycles. The molecule has 0 bridgehead atoms. The van der Waals surface area contributed by atoms with Gasteiger partial charge in [-0.15, -0.1) is 5.10 Å². The fraction of sp³-hybridized carbons (Fsp3) is 0.250. The van der Waals surface area contributed by atoms with Crippen molar-refractivity contribution in [3.63, 3.8) is 0 Å². The van der Waals surface area contributed by atoms with Gasteiger partial charge in [-0.05, 0) is 39.7 Å². The first-order valence-corrected chi connectivity index (χ1v) is 9.17. The molecule has 136 valence electrons. The van der Waals surface area contributed by atoms with Gasteiger partial charge in [0.2, 0.25) is 0 Å². The van der Waals surface area contributed by atoms with Crippen molar-refractivity contribution in [1.29, 1.82) is 0 Å². The number of carbonyl (C=O) groups excluding carboxylic acids is 1. The highest BCUT2D eigenvalue weighted by atomic mass is 79.9. The highest BCUT2D eigenvalue weighted by Gasteiger charge is 2.32. The van der Waals surface area contributed by atoms with E-state index in [0.717, 1.165) is 15.7 Å². The molecule has 0 fully saturated rings. The van der Waals surface area contributed by atoms with Crippen LogP contribution in [0.15, 0.2) is 35.2 Å². The molecule has 11 heteroatoms. The van der Waals surface area contributed by atoms with E-state index in [1.165, 1.54) is 0 Å². The second-order valence-electron chi connectivity index (χ2n) is 6.33. The van der Waals surface area contributed by atoms with Gasteiger partial charge in [0.1, 0.15) is 0 Å². The van der Waals surface area contributed by atoms with Crippen molar-refractivity contribution < 1.29 is 4.79 Å². The minimum Gasteiger partial charge on any atom is -0.330 e. The van der Waals surface area contributed by atoms with Gasteiger partial charge >= 0.3 is 0 Å². The third kappa shape index (κ3) is 2.53. The van der Waals surface area contributed by atoms with E-state index in [1.54, 1.807) is 23.0 Å². The zero-order valence-corrected chi connectivity index (χ0v) is 15.8. The number of carbonyl (C=O) groups is 1. The van der Waals surface area contributed by atoms with Crippen LogP contribution in [0.3, 0.4) is 0 Å². The molecule has 1 N–H and O–H groups in total. The van der Waals surface area contributed by atoms with Crippen LogP contribution in [0, 0.1) is 0 Å². The predicted octanol–water partition coefficient (Wildman–Crippen LogP) is 1.56. The molecule has 0 saturated heterocycles. The lowest BCUT2D eigenvalue weighted by Gasteiger charge is -2.33. The maximum atomic E-state index is 13.1. The minimum absolute atomic E-state index is 0.0843. The molecular formula is C16H14BrN9O. The van der Waals surface area contributed by atoms with Crippen LogP contribution in [0.1, 0.15) is 34.7 Å². The summed E-state index contributed by atoms with van der Waals surface area (Å²) < 4.78 is 4.31. The fourth-order valence-electron chi connectivity index (χ4n) is 3.54. The van der Waals surface area contributed by atoms with E-state index in [2.05, 4.69) is 46.6 Å². The van der Waals surface area contributed by atoms with Gasteiger partial charge in [-0.2, -0.15) is 10.3 Å². The first-order valence-electron chi connectivity index (χ1n) is 8.37. The van der Waals surface area contributed by atoms with Crippen LogP contribution in [-0.4, -0.2) is 57.1 Å². The Morgan fingerprint density at radius 1 is 1.41 bits per heavy atom. The molecule has 27 heavy (non-hydrogen) atoms. The average Bonchev–Trinajstić information content (AvgIpc) is 3.39. The van der Waals surface area contributed by atoms with E-state index < -0.39 is 0 Å². The summed E-state index contributed by atoms with van der Waals surface area (Å²) in [6, 6.07) is 3.62. The summed E-state index contributed by atoms with van der Waals surface area (Å²) >= 11 is 3.36. The maximum Gasteiger partial charge on any atom is 0.274 e. The molecule has 1 aliphatic heterocycles. The lowest BCUT2D eigenvalue weighted by molar-refractivity contribution is 0.0670. The van der Waals surface area contributed by atoms with E-state index >= 15 is 0 Å². The Morgan fingerprint density at radius 2 is 2.30 bits per heavy atom. The fourth-order valence-corrected chi connectivity index (χ4v) is 3.84. The van der Waals surface area contributed by atoms with Crippen molar-refractivity contribution in [1.82, 2.24) is 44.7 Å². The summed E-state index contributed by atoms with van der Waals surface area (Å²) in [6.45, 7) is 2.60. The summed E-state index contributed by atoms with van der Waals surface area (Å²) in [7, 11) is 0. The van der Waals surface area contributed by atoms with Crippen LogP contribution in [0.4, 0.5) is 0 Å². The Balaban J connectivity index is 1.47. The molecule has 1 atom stereocenters. The number of H-pyrrole nitrogens is 1. The topological polar surface area (TPSA) is 110 Å². The van der Waals surface area contributed by atoms with Crippen molar-refractivity contribution >= 4 is 27.5 Å². The van der Waals surface area contributed by atoms with Crippen LogP contribution < -0.4 is 0 Å². The van der Waals surface area contributed by atoms with E-state index in [0.29, 0.717) is 30.3 Å². The van der Waals surface area contributed by atoms with Crippen molar-refractivity contribution in [2.24, 2.45) is 0 Å². The predicted molar refractivity (Wildman–Crippen MR) is 97.3 cm³/mol. The SMILES string of the molecule is CC1c2ccn(-c3nn[nH]n3)c2CCN1C(=O)c1cc2ncc(Br)cn2n1. The Labute approximate surface area is 161 Å². The number of hydrogen-bond donors (Lipinski definition) is 1. The van der Waals surface area contributed by atoms with E-state index in [-0.39, 0.29) is 11.9 Å². The third-order valence-corrected chi connectivity index (χ3v) is 5.26. The normalized spacial score (nSPS) is 16.7. The molecular weight excluding hydrogens is 414 g/mol. The van der Waals surface area contributed by atoms with Gasteiger partial charge in [-0.3, -0.25) is 9.36 Å². The smallest absolute Gasteiger partial charge is 0.274 e. The number of amides is 1. The molecule has 0 spiro atoms. The van der Waals surface area contributed by atoms with Gasteiger partial charge in [-0.1, -0.05) is 5.10 Å². The molecule has 10 nitrogen and oxygen atoms in total. The van der Waals surface area contributed by atoms with Crippen LogP contribution >= 0.6 is 15.9 Å². The van der Waals surface area contributed by atoms with Gasteiger partial charge in [0.15, 0.2) is 11.3 Å². The van der Waals surface area contributed by atoms with Crippen molar-refractivity contribution in [3.05, 3.63) is 52.1 Å². The lowest BCUT2D eigenvalue weighted by Crippen LogP contribution is -2.39. The van der Waals surface area contributed by atoms with Gasteiger partial charge in [0.25, 0.3) is 11.9 Å². The zero-order chi connectivity index (χ0) is 18.5. The quantitative estimate of drug-likeness (QED) is 0.519. The summed E-state index contributed by atoms with van der Waals surface area (Å²) in [4.78, 5) is 19.2. The second kappa shape index (κ2) is 5.98. The van der Waals surface area contributed by atoms with Crippen molar-refractivity contribution in [3.8, 4) is 5.95 Å². The van der Waals surface area contributed by atoms with Crippen molar-refractivity contribution in [2.45, 2.75) is 19.4 Å². The summed E-state index contributed by atoms with van der Waals surface area (Å²) in [5.74, 6) is 0.391. The maximum absolute atomic E-state index is 13.1. The summed E-state index contributed by atoms with van der Waals surface area (Å²) in [6.07, 6.45) is 6.07. The number of halogens is 1. The summed E-state index contributed by atoms with van der Waals surface area (Å²) in [5.41, 5.74) is 3.18. The van der Waals surface area contributed by atoms with Gasteiger partial charge in [0, 0.05) is 43.3 Å². The Bertz CT molecular complexity index is 1150. The minimum atomic E-state index is -0.109. The standard InChI is InChI=1S/C16H14BrN9O/c1-9-11-2-4-25(16-19-22-23-20-16)13(11)3-5-24(9)15(27)12-6-14-18-7-10(17)8-26(14)21-12/h2,4,6-9H,3,5H2,1H3,(H,19,20,22,23). The second-order valence-corrected chi connectivity index (χ2v) is 7.24.